The molecule has 1 fully saturated rings. The summed E-state index contributed by atoms with van der Waals surface area (Å²) in [6.07, 6.45) is 0.397. The fourth-order valence-corrected chi connectivity index (χ4v) is 4.29. The molecule has 1 saturated heterocycles. The summed E-state index contributed by atoms with van der Waals surface area (Å²) in [7, 11) is 1.63. The van der Waals surface area contributed by atoms with Gasteiger partial charge in [0, 0.05) is 43.2 Å². The molecule has 1 heterocycles. The number of hydrogen-bond acceptors (Lipinski definition) is 4. The Kier molecular flexibility index (Phi) is 7.55. The Morgan fingerprint density at radius 3 is 2.06 bits per heavy atom. The molecule has 3 aromatic rings. The summed E-state index contributed by atoms with van der Waals surface area (Å²) in [5.74, 6) is 0.933. The lowest BCUT2D eigenvalue weighted by molar-refractivity contribution is -0.130. The van der Waals surface area contributed by atoms with Gasteiger partial charge in [0.05, 0.1) is 13.5 Å². The largest absolute Gasteiger partial charge is 0.497 e. The van der Waals surface area contributed by atoms with E-state index in [-0.39, 0.29) is 11.9 Å². The Balaban J connectivity index is 1.27. The van der Waals surface area contributed by atoms with Crippen LogP contribution in [0.25, 0.3) is 0 Å². The van der Waals surface area contributed by atoms with Gasteiger partial charge in [-0.1, -0.05) is 30.3 Å². The number of nitrogens with one attached hydrogen (secondary N) is 2. The molecule has 0 aliphatic carbocycles. The molecule has 1 aliphatic heterocycles. The number of para-hydroxylation sites is 1. The Hall–Kier alpha value is -4.00. The van der Waals surface area contributed by atoms with Crippen molar-refractivity contribution in [2.45, 2.75) is 20.3 Å². The van der Waals surface area contributed by atoms with Crippen LogP contribution in [0.15, 0.2) is 66.7 Å². The molecule has 4 rings (SSSR count). The summed E-state index contributed by atoms with van der Waals surface area (Å²) in [4.78, 5) is 29.4. The molecule has 0 bridgehead atoms. The van der Waals surface area contributed by atoms with E-state index < -0.39 is 0 Å². The summed E-state index contributed by atoms with van der Waals surface area (Å²) in [6.45, 7) is 6.87. The van der Waals surface area contributed by atoms with E-state index in [1.54, 1.807) is 7.11 Å². The van der Waals surface area contributed by atoms with Crippen molar-refractivity contribution in [2.24, 2.45) is 0 Å². The van der Waals surface area contributed by atoms with Crippen LogP contribution >= 0.6 is 0 Å². The number of carbonyl (C=O) groups is 2. The summed E-state index contributed by atoms with van der Waals surface area (Å²) in [6, 6.07) is 21.1. The zero-order valence-electron chi connectivity index (χ0n) is 20.5. The fraction of sp³-hybridized carbons (Fsp3) is 0.286. The second-order valence-electron chi connectivity index (χ2n) is 8.79. The number of methoxy groups -OCH3 is 1. The van der Waals surface area contributed by atoms with E-state index >= 15 is 0 Å². The van der Waals surface area contributed by atoms with Crippen molar-refractivity contribution in [3.8, 4) is 5.75 Å². The molecular formula is C28H32N4O3. The van der Waals surface area contributed by atoms with Crippen molar-refractivity contribution in [1.29, 1.82) is 0 Å². The van der Waals surface area contributed by atoms with Crippen LogP contribution in [-0.4, -0.2) is 50.1 Å². The Bertz CT molecular complexity index is 1150. The lowest BCUT2D eigenvalue weighted by atomic mass is 10.1. The molecule has 3 aromatic carbocycles. The highest BCUT2D eigenvalue weighted by molar-refractivity contribution is 6.00. The molecule has 0 atom stereocenters. The Morgan fingerprint density at radius 1 is 0.829 bits per heavy atom. The Labute approximate surface area is 206 Å². The van der Waals surface area contributed by atoms with Gasteiger partial charge in [-0.3, -0.25) is 4.79 Å². The quantitative estimate of drug-likeness (QED) is 0.538. The van der Waals surface area contributed by atoms with Gasteiger partial charge in [0.25, 0.3) is 0 Å². The first-order chi connectivity index (χ1) is 16.9. The van der Waals surface area contributed by atoms with Crippen molar-refractivity contribution >= 4 is 29.0 Å². The minimum absolute atomic E-state index is 0.143. The van der Waals surface area contributed by atoms with E-state index in [2.05, 4.69) is 15.5 Å². The van der Waals surface area contributed by atoms with Crippen LogP contribution in [0.5, 0.6) is 5.75 Å². The molecule has 0 unspecified atom stereocenters. The number of urea groups is 1. The van der Waals surface area contributed by atoms with Crippen molar-refractivity contribution in [2.75, 3.05) is 48.8 Å². The SMILES string of the molecule is COc1ccc(CC(=O)N2CCN(c3ccc(NC(=O)Nc4c(C)cccc4C)cc3)CC2)cc1. The highest BCUT2D eigenvalue weighted by atomic mass is 16.5. The molecule has 1 aliphatic rings. The second kappa shape index (κ2) is 11.0. The summed E-state index contributed by atoms with van der Waals surface area (Å²) < 4.78 is 5.18. The molecule has 35 heavy (non-hydrogen) atoms. The number of amides is 3. The number of benzene rings is 3. The number of carbonyl (C=O) groups excluding carboxylic acids is 2. The van der Waals surface area contributed by atoms with Crippen LogP contribution in [0.4, 0.5) is 21.9 Å². The van der Waals surface area contributed by atoms with E-state index in [9.17, 15) is 9.59 Å². The molecule has 0 radical (unpaired) electrons. The highest BCUT2D eigenvalue weighted by Gasteiger charge is 2.21. The van der Waals surface area contributed by atoms with Gasteiger partial charge in [0.2, 0.25) is 5.91 Å². The van der Waals surface area contributed by atoms with E-state index in [1.807, 2.05) is 85.5 Å². The summed E-state index contributed by atoms with van der Waals surface area (Å²) in [5.41, 5.74) is 5.68. The number of aryl methyl sites for hydroxylation is 2. The molecule has 0 spiro atoms. The lowest BCUT2D eigenvalue weighted by Gasteiger charge is -2.36. The number of ether oxygens (including phenoxy) is 1. The normalized spacial score (nSPS) is 13.3. The van der Waals surface area contributed by atoms with Crippen molar-refractivity contribution in [1.82, 2.24) is 4.90 Å². The number of hydrogen-bond donors (Lipinski definition) is 2. The van der Waals surface area contributed by atoms with Gasteiger partial charge in [-0.2, -0.15) is 0 Å². The van der Waals surface area contributed by atoms with Gasteiger partial charge in [-0.05, 0) is 66.9 Å². The molecule has 0 aromatic heterocycles. The maximum absolute atomic E-state index is 12.7. The predicted molar refractivity (Wildman–Crippen MR) is 140 cm³/mol. The third-order valence-corrected chi connectivity index (χ3v) is 6.36. The van der Waals surface area contributed by atoms with Crippen LogP contribution in [0, 0.1) is 13.8 Å². The van der Waals surface area contributed by atoms with E-state index in [0.29, 0.717) is 19.5 Å². The topological polar surface area (TPSA) is 73.9 Å². The summed E-state index contributed by atoms with van der Waals surface area (Å²) in [5, 5.41) is 5.84. The van der Waals surface area contributed by atoms with Gasteiger partial charge in [0.15, 0.2) is 0 Å². The van der Waals surface area contributed by atoms with E-state index in [0.717, 1.165) is 52.6 Å². The van der Waals surface area contributed by atoms with Crippen LogP contribution < -0.4 is 20.3 Å². The predicted octanol–water partition coefficient (Wildman–Crippen LogP) is 4.85. The summed E-state index contributed by atoms with van der Waals surface area (Å²) >= 11 is 0. The number of rotatable bonds is 6. The first kappa shape index (κ1) is 24.1. The van der Waals surface area contributed by atoms with E-state index in [1.165, 1.54) is 0 Å². The van der Waals surface area contributed by atoms with Crippen molar-refractivity contribution < 1.29 is 14.3 Å². The average molecular weight is 473 g/mol. The van der Waals surface area contributed by atoms with Gasteiger partial charge in [-0.25, -0.2) is 4.79 Å². The first-order valence-electron chi connectivity index (χ1n) is 11.8. The monoisotopic (exact) mass is 472 g/mol. The van der Waals surface area contributed by atoms with Gasteiger partial charge in [-0.15, -0.1) is 0 Å². The maximum Gasteiger partial charge on any atom is 0.323 e. The van der Waals surface area contributed by atoms with Crippen molar-refractivity contribution in [3.63, 3.8) is 0 Å². The average Bonchev–Trinajstić information content (AvgIpc) is 2.87. The molecular weight excluding hydrogens is 440 g/mol. The van der Waals surface area contributed by atoms with Gasteiger partial charge < -0.3 is 25.2 Å². The zero-order valence-corrected chi connectivity index (χ0v) is 20.5. The van der Waals surface area contributed by atoms with Gasteiger partial charge in [0.1, 0.15) is 5.75 Å². The zero-order chi connectivity index (χ0) is 24.8. The smallest absolute Gasteiger partial charge is 0.323 e. The third kappa shape index (κ3) is 6.12. The Morgan fingerprint density at radius 2 is 1.46 bits per heavy atom. The van der Waals surface area contributed by atoms with Crippen LogP contribution in [-0.2, 0) is 11.2 Å². The second-order valence-corrected chi connectivity index (χ2v) is 8.79. The third-order valence-electron chi connectivity index (χ3n) is 6.36. The maximum atomic E-state index is 12.7. The minimum Gasteiger partial charge on any atom is -0.497 e. The highest BCUT2D eigenvalue weighted by Crippen LogP contribution is 2.22. The number of nitrogens with zero attached hydrogens (tertiary/aromatic N) is 2. The minimum atomic E-state index is -0.265. The molecule has 3 amide bonds. The molecule has 0 saturated carbocycles. The lowest BCUT2D eigenvalue weighted by Crippen LogP contribution is -2.49. The van der Waals surface area contributed by atoms with Crippen LogP contribution in [0.2, 0.25) is 0 Å². The van der Waals surface area contributed by atoms with Crippen LogP contribution in [0.1, 0.15) is 16.7 Å². The first-order valence-corrected chi connectivity index (χ1v) is 11.8. The van der Waals surface area contributed by atoms with E-state index in [4.69, 9.17) is 4.74 Å². The molecule has 7 nitrogen and oxygen atoms in total. The molecule has 2 N–H and O–H groups in total. The molecule has 182 valence electrons. The van der Waals surface area contributed by atoms with Crippen LogP contribution in [0.3, 0.4) is 0 Å². The fourth-order valence-electron chi connectivity index (χ4n) is 4.29. The standard InChI is InChI=1S/C28H32N4O3/c1-20-5-4-6-21(2)27(20)30-28(34)29-23-9-11-24(12-10-23)31-15-17-32(18-16-31)26(33)19-22-7-13-25(35-3)14-8-22/h4-14H,15-19H2,1-3H3,(H2,29,30,34). The van der Waals surface area contributed by atoms with Gasteiger partial charge >= 0.3 is 6.03 Å². The number of anilines is 3. The molecule has 7 heteroatoms. The van der Waals surface area contributed by atoms with Crippen molar-refractivity contribution in [3.05, 3.63) is 83.4 Å². The number of piperazine rings is 1.